The van der Waals surface area contributed by atoms with Crippen LogP contribution in [0, 0.1) is 0 Å². The molecule has 0 aliphatic rings. The Morgan fingerprint density at radius 1 is 0.333 bits per heavy atom. The third kappa shape index (κ3) is 49.7. The summed E-state index contributed by atoms with van der Waals surface area (Å²) < 4.78 is 16.7. The van der Waals surface area contributed by atoms with Crippen LogP contribution in [0.5, 0.6) is 0 Å². The number of ether oxygens (including phenoxy) is 3. The average Bonchev–Trinajstić information content (AvgIpc) is 3.28. The molecule has 0 radical (unpaired) electrons. The summed E-state index contributed by atoms with van der Waals surface area (Å²) in [7, 11) is 0. The summed E-state index contributed by atoms with van der Waals surface area (Å²) in [5, 5.41) is 0. The van der Waals surface area contributed by atoms with Gasteiger partial charge in [0.2, 0.25) is 0 Å². The molecule has 0 rings (SSSR count). The minimum atomic E-state index is -0.811. The van der Waals surface area contributed by atoms with Crippen molar-refractivity contribution >= 4 is 17.9 Å². The number of carbonyl (C=O) groups is 3. The minimum absolute atomic E-state index is 0.102. The first kappa shape index (κ1) is 59.9. The van der Waals surface area contributed by atoms with Gasteiger partial charge in [0.1, 0.15) is 13.2 Å². The maximum atomic E-state index is 12.8. The molecule has 0 amide bonds. The molecule has 0 saturated carbocycles. The second kappa shape index (κ2) is 51.5. The molecule has 63 heavy (non-hydrogen) atoms. The first-order valence-corrected chi connectivity index (χ1v) is 26.4. The molecule has 0 aromatic heterocycles. The molecule has 0 N–H and O–H groups in total. The van der Waals surface area contributed by atoms with Gasteiger partial charge in [-0.2, -0.15) is 0 Å². The number of hydrogen-bond acceptors (Lipinski definition) is 6. The van der Waals surface area contributed by atoms with Gasteiger partial charge < -0.3 is 14.2 Å². The molecule has 0 fully saturated rings. The van der Waals surface area contributed by atoms with Crippen molar-refractivity contribution < 1.29 is 28.6 Å². The Morgan fingerprint density at radius 3 is 0.937 bits per heavy atom. The van der Waals surface area contributed by atoms with E-state index in [-0.39, 0.29) is 37.5 Å². The standard InChI is InChI=1S/C57H98O6/c1-4-7-10-13-16-19-22-25-26-27-28-29-30-33-36-39-42-45-48-51-57(60)63-54(52-61-55(58)49-46-43-40-37-34-31-23-20-17-14-11-8-5-2)53-62-56(59)50-47-44-41-38-35-32-24-21-18-15-12-9-6-3/h7,10,16,19,25-26,28-29,33,36,42,45,54H,4-6,8-9,11-15,17-18,20-24,27,30-32,34-35,37-41,43-44,46-53H2,1-3H3/b10-7-,19-16+,26-25+,29-28+,36-33+,45-42+. The van der Waals surface area contributed by atoms with E-state index in [4.69, 9.17) is 14.2 Å². The predicted octanol–water partition coefficient (Wildman–Crippen LogP) is 17.4. The van der Waals surface area contributed by atoms with Crippen molar-refractivity contribution in [2.75, 3.05) is 13.2 Å². The van der Waals surface area contributed by atoms with Crippen LogP contribution in [0.3, 0.4) is 0 Å². The zero-order valence-electron chi connectivity index (χ0n) is 41.3. The van der Waals surface area contributed by atoms with Gasteiger partial charge in [0.05, 0.1) is 0 Å². The van der Waals surface area contributed by atoms with E-state index < -0.39 is 6.10 Å². The smallest absolute Gasteiger partial charge is 0.306 e. The van der Waals surface area contributed by atoms with E-state index in [2.05, 4.69) is 87.6 Å². The maximum absolute atomic E-state index is 12.8. The summed E-state index contributed by atoms with van der Waals surface area (Å²) in [5.41, 5.74) is 0. The lowest BCUT2D eigenvalue weighted by molar-refractivity contribution is -0.166. The van der Waals surface area contributed by atoms with Crippen LogP contribution >= 0.6 is 0 Å². The minimum Gasteiger partial charge on any atom is -0.462 e. The van der Waals surface area contributed by atoms with Crippen LogP contribution in [-0.2, 0) is 28.6 Å². The van der Waals surface area contributed by atoms with Crippen molar-refractivity contribution in [3.63, 3.8) is 0 Å². The molecular weight excluding hydrogens is 781 g/mol. The summed E-state index contributed by atoms with van der Waals surface area (Å²) in [6, 6.07) is 0. The van der Waals surface area contributed by atoms with Gasteiger partial charge in [-0.3, -0.25) is 14.4 Å². The van der Waals surface area contributed by atoms with Crippen LogP contribution in [-0.4, -0.2) is 37.2 Å². The fourth-order valence-corrected chi connectivity index (χ4v) is 7.29. The molecule has 0 spiro atoms. The summed E-state index contributed by atoms with van der Waals surface area (Å²) in [4.78, 5) is 37.9. The molecular formula is C57H98O6. The third-order valence-electron chi connectivity index (χ3n) is 11.2. The highest BCUT2D eigenvalue weighted by molar-refractivity contribution is 5.71. The average molecular weight is 879 g/mol. The fraction of sp³-hybridized carbons (Fsp3) is 0.737. The second-order valence-electron chi connectivity index (χ2n) is 17.4. The van der Waals surface area contributed by atoms with Crippen LogP contribution in [0.15, 0.2) is 72.9 Å². The van der Waals surface area contributed by atoms with Gasteiger partial charge in [-0.15, -0.1) is 0 Å². The van der Waals surface area contributed by atoms with Crippen molar-refractivity contribution in [2.24, 2.45) is 0 Å². The molecule has 0 unspecified atom stereocenters. The van der Waals surface area contributed by atoms with Crippen molar-refractivity contribution in [3.8, 4) is 0 Å². The molecule has 6 nitrogen and oxygen atoms in total. The molecule has 0 aromatic rings. The molecule has 0 bridgehead atoms. The molecule has 0 saturated heterocycles. The van der Waals surface area contributed by atoms with Crippen LogP contribution in [0.1, 0.15) is 252 Å². The van der Waals surface area contributed by atoms with Gasteiger partial charge in [0.25, 0.3) is 0 Å². The molecule has 0 atom stereocenters. The molecule has 0 aliphatic carbocycles. The van der Waals surface area contributed by atoms with Gasteiger partial charge in [-0.25, -0.2) is 0 Å². The van der Waals surface area contributed by atoms with Crippen molar-refractivity contribution in [2.45, 2.75) is 258 Å². The van der Waals surface area contributed by atoms with E-state index in [9.17, 15) is 14.4 Å². The van der Waals surface area contributed by atoms with Gasteiger partial charge >= 0.3 is 17.9 Å². The van der Waals surface area contributed by atoms with Crippen LogP contribution < -0.4 is 0 Å². The third-order valence-corrected chi connectivity index (χ3v) is 11.2. The lowest BCUT2D eigenvalue weighted by atomic mass is 10.0. The Bertz CT molecular complexity index is 1150. The number of carbonyl (C=O) groups excluding carboxylic acids is 3. The number of rotatable bonds is 47. The van der Waals surface area contributed by atoms with Crippen LogP contribution in [0.25, 0.3) is 0 Å². The van der Waals surface area contributed by atoms with Crippen molar-refractivity contribution in [1.29, 1.82) is 0 Å². The fourth-order valence-electron chi connectivity index (χ4n) is 7.29. The molecule has 0 heterocycles. The second-order valence-corrected chi connectivity index (χ2v) is 17.4. The highest BCUT2D eigenvalue weighted by atomic mass is 16.6. The molecule has 0 aliphatic heterocycles. The van der Waals surface area contributed by atoms with Gasteiger partial charge in [-0.05, 0) is 57.8 Å². The highest BCUT2D eigenvalue weighted by Gasteiger charge is 2.19. The normalized spacial score (nSPS) is 12.2. The summed E-state index contributed by atoms with van der Waals surface area (Å²) >= 11 is 0. The van der Waals surface area contributed by atoms with Crippen molar-refractivity contribution in [1.82, 2.24) is 0 Å². The first-order valence-electron chi connectivity index (χ1n) is 26.4. The Morgan fingerprint density at radius 2 is 0.619 bits per heavy atom. The Hall–Kier alpha value is -3.15. The first-order chi connectivity index (χ1) is 31.0. The lowest BCUT2D eigenvalue weighted by Gasteiger charge is -2.18. The van der Waals surface area contributed by atoms with Gasteiger partial charge in [-0.1, -0.05) is 248 Å². The van der Waals surface area contributed by atoms with E-state index in [0.29, 0.717) is 19.3 Å². The topological polar surface area (TPSA) is 78.9 Å². The van der Waals surface area contributed by atoms with Gasteiger partial charge in [0, 0.05) is 19.3 Å². The lowest BCUT2D eigenvalue weighted by Crippen LogP contribution is -2.30. The van der Waals surface area contributed by atoms with Gasteiger partial charge in [0.15, 0.2) is 6.10 Å². The largest absolute Gasteiger partial charge is 0.462 e. The quantitative estimate of drug-likeness (QED) is 0.0262. The van der Waals surface area contributed by atoms with E-state index in [1.54, 1.807) is 0 Å². The number of esters is 3. The van der Waals surface area contributed by atoms with E-state index in [0.717, 1.165) is 77.0 Å². The Balaban J connectivity index is 4.49. The number of unbranched alkanes of at least 4 members (excludes halogenated alkanes) is 24. The molecule has 6 heteroatoms. The van der Waals surface area contributed by atoms with Crippen molar-refractivity contribution in [3.05, 3.63) is 72.9 Å². The predicted molar refractivity (Wildman–Crippen MR) is 270 cm³/mol. The van der Waals surface area contributed by atoms with Crippen LogP contribution in [0.2, 0.25) is 0 Å². The molecule has 0 aromatic carbocycles. The number of hydrogen-bond donors (Lipinski definition) is 0. The maximum Gasteiger partial charge on any atom is 0.306 e. The van der Waals surface area contributed by atoms with Crippen LogP contribution in [0.4, 0.5) is 0 Å². The number of allylic oxidation sites excluding steroid dienone is 12. The molecule has 362 valence electrons. The van der Waals surface area contributed by atoms with E-state index in [1.807, 2.05) is 6.08 Å². The highest BCUT2D eigenvalue weighted by Crippen LogP contribution is 2.15. The van der Waals surface area contributed by atoms with E-state index >= 15 is 0 Å². The Labute approximate surface area is 389 Å². The zero-order chi connectivity index (χ0) is 45.8. The SMILES string of the molecule is CC/C=C\C/C=C/C/C=C/C/C=C/C/C=C/C/C=C/CCC(=O)OC(COC(=O)CCCCCCCCCCCCCCC)COC(=O)CCCCCCCCCCCCCCC. The monoisotopic (exact) mass is 879 g/mol. The zero-order valence-corrected chi connectivity index (χ0v) is 41.3. The summed E-state index contributed by atoms with van der Waals surface area (Å²) in [6.07, 6.45) is 64.7. The Kier molecular flexibility index (Phi) is 48.9. The summed E-state index contributed by atoms with van der Waals surface area (Å²) in [6.45, 7) is 6.47. The van der Waals surface area contributed by atoms with E-state index in [1.165, 1.54) is 128 Å². The summed E-state index contributed by atoms with van der Waals surface area (Å²) in [5.74, 6) is -0.981.